The molecule has 1 aliphatic rings. The summed E-state index contributed by atoms with van der Waals surface area (Å²) >= 11 is 12.2. The third-order valence-electron chi connectivity index (χ3n) is 5.69. The molecular formula is C24H27Cl2FN2O2. The summed E-state index contributed by atoms with van der Waals surface area (Å²) in [4.78, 5) is 28.0. The van der Waals surface area contributed by atoms with Crippen LogP contribution < -0.4 is 5.32 Å². The fraction of sp³-hybridized carbons (Fsp3) is 0.417. The summed E-state index contributed by atoms with van der Waals surface area (Å²) < 4.78 is 13.3. The van der Waals surface area contributed by atoms with E-state index in [0.29, 0.717) is 22.0 Å². The van der Waals surface area contributed by atoms with E-state index in [1.807, 2.05) is 6.92 Å². The lowest BCUT2D eigenvalue weighted by atomic mass is 10.1. The third-order valence-corrected chi connectivity index (χ3v) is 6.43. The highest BCUT2D eigenvalue weighted by Crippen LogP contribution is 2.25. The summed E-state index contributed by atoms with van der Waals surface area (Å²) in [6.07, 6.45) is 4.72. The van der Waals surface area contributed by atoms with Gasteiger partial charge in [-0.05, 0) is 54.7 Å². The number of halogens is 3. The van der Waals surface area contributed by atoms with E-state index in [1.165, 1.54) is 12.1 Å². The van der Waals surface area contributed by atoms with Crippen LogP contribution in [0.3, 0.4) is 0 Å². The van der Waals surface area contributed by atoms with Crippen LogP contribution in [0, 0.1) is 5.82 Å². The first-order valence-corrected chi connectivity index (χ1v) is 11.4. The second-order valence-electron chi connectivity index (χ2n) is 7.99. The quantitative estimate of drug-likeness (QED) is 0.557. The van der Waals surface area contributed by atoms with Gasteiger partial charge in [0.25, 0.3) is 0 Å². The van der Waals surface area contributed by atoms with Gasteiger partial charge in [0, 0.05) is 12.6 Å². The van der Waals surface area contributed by atoms with Crippen molar-refractivity contribution < 1.29 is 14.0 Å². The lowest BCUT2D eigenvalue weighted by Gasteiger charge is -2.31. The number of rotatable bonds is 8. The molecule has 1 aliphatic carbocycles. The van der Waals surface area contributed by atoms with E-state index in [-0.39, 0.29) is 36.6 Å². The van der Waals surface area contributed by atoms with E-state index in [2.05, 4.69) is 5.32 Å². The lowest BCUT2D eigenvalue weighted by molar-refractivity contribution is -0.141. The molecule has 0 spiro atoms. The van der Waals surface area contributed by atoms with Gasteiger partial charge in [0.05, 0.1) is 16.5 Å². The Morgan fingerprint density at radius 3 is 2.32 bits per heavy atom. The van der Waals surface area contributed by atoms with Gasteiger partial charge in [-0.3, -0.25) is 9.59 Å². The SMILES string of the molecule is CC[C@H](C(=O)NC1CCCC1)N(Cc1ccc(Cl)c(Cl)c1)C(=O)Cc1ccc(F)cc1. The van der Waals surface area contributed by atoms with E-state index in [0.717, 1.165) is 31.2 Å². The highest BCUT2D eigenvalue weighted by atomic mass is 35.5. The first-order valence-electron chi connectivity index (χ1n) is 10.7. The Kier molecular flexibility index (Phi) is 8.33. The van der Waals surface area contributed by atoms with Crippen molar-refractivity contribution in [2.75, 3.05) is 0 Å². The zero-order valence-electron chi connectivity index (χ0n) is 17.5. The van der Waals surface area contributed by atoms with Crippen LogP contribution in [-0.4, -0.2) is 28.8 Å². The Labute approximate surface area is 192 Å². The summed E-state index contributed by atoms with van der Waals surface area (Å²) in [7, 11) is 0. The van der Waals surface area contributed by atoms with Crippen molar-refractivity contribution in [3.8, 4) is 0 Å². The van der Waals surface area contributed by atoms with Crippen molar-refractivity contribution in [3.63, 3.8) is 0 Å². The van der Waals surface area contributed by atoms with Gasteiger partial charge in [0.2, 0.25) is 11.8 Å². The molecule has 4 nitrogen and oxygen atoms in total. The van der Waals surface area contributed by atoms with Crippen molar-refractivity contribution in [1.29, 1.82) is 0 Å². The molecule has 1 saturated carbocycles. The normalized spacial score (nSPS) is 15.0. The van der Waals surface area contributed by atoms with Crippen LogP contribution in [-0.2, 0) is 22.6 Å². The molecule has 0 radical (unpaired) electrons. The predicted octanol–water partition coefficient (Wildman–Crippen LogP) is 5.54. The molecule has 7 heteroatoms. The molecule has 0 aromatic heterocycles. The van der Waals surface area contributed by atoms with Gasteiger partial charge in [0.15, 0.2) is 0 Å². The van der Waals surface area contributed by atoms with Crippen molar-refractivity contribution in [2.45, 2.75) is 64.1 Å². The van der Waals surface area contributed by atoms with Crippen LogP contribution >= 0.6 is 23.2 Å². The van der Waals surface area contributed by atoms with Crippen LogP contribution in [0.5, 0.6) is 0 Å². The van der Waals surface area contributed by atoms with Gasteiger partial charge in [-0.1, -0.05) is 61.2 Å². The molecule has 3 rings (SSSR count). The number of carbonyl (C=O) groups is 2. The lowest BCUT2D eigenvalue weighted by Crippen LogP contribution is -2.51. The van der Waals surface area contributed by atoms with Crippen LogP contribution in [0.4, 0.5) is 4.39 Å². The summed E-state index contributed by atoms with van der Waals surface area (Å²) in [5, 5.41) is 3.94. The number of amides is 2. The van der Waals surface area contributed by atoms with Gasteiger partial charge in [0.1, 0.15) is 11.9 Å². The largest absolute Gasteiger partial charge is 0.352 e. The van der Waals surface area contributed by atoms with Crippen LogP contribution in [0.1, 0.15) is 50.2 Å². The molecule has 0 heterocycles. The molecule has 2 amide bonds. The van der Waals surface area contributed by atoms with Crippen molar-refractivity contribution in [3.05, 3.63) is 69.5 Å². The fourth-order valence-corrected chi connectivity index (χ4v) is 4.32. The smallest absolute Gasteiger partial charge is 0.243 e. The maximum atomic E-state index is 13.3. The molecule has 0 bridgehead atoms. The molecular weight excluding hydrogens is 438 g/mol. The maximum absolute atomic E-state index is 13.3. The van der Waals surface area contributed by atoms with E-state index in [4.69, 9.17) is 23.2 Å². The first-order chi connectivity index (χ1) is 14.9. The van der Waals surface area contributed by atoms with E-state index in [1.54, 1.807) is 35.2 Å². The van der Waals surface area contributed by atoms with Gasteiger partial charge in [-0.2, -0.15) is 0 Å². The second-order valence-corrected chi connectivity index (χ2v) is 8.80. The highest BCUT2D eigenvalue weighted by molar-refractivity contribution is 6.42. The Morgan fingerprint density at radius 1 is 1.06 bits per heavy atom. The standard InChI is InChI=1S/C24H27Cl2FN2O2/c1-2-22(24(31)28-19-5-3-4-6-19)29(15-17-9-12-20(25)21(26)13-17)23(30)14-16-7-10-18(27)11-8-16/h7-13,19,22H,2-6,14-15H2,1H3,(H,28,31)/t22-/m1/s1. The maximum Gasteiger partial charge on any atom is 0.243 e. The van der Waals surface area contributed by atoms with Crippen LogP contribution in [0.15, 0.2) is 42.5 Å². The minimum atomic E-state index is -0.608. The summed E-state index contributed by atoms with van der Waals surface area (Å²) in [6.45, 7) is 2.12. The second kappa shape index (κ2) is 11.0. The van der Waals surface area contributed by atoms with E-state index in [9.17, 15) is 14.0 Å². The summed E-state index contributed by atoms with van der Waals surface area (Å²) in [5.41, 5.74) is 1.48. The summed E-state index contributed by atoms with van der Waals surface area (Å²) in [5.74, 6) is -0.695. The van der Waals surface area contributed by atoms with Gasteiger partial charge in [-0.15, -0.1) is 0 Å². The van der Waals surface area contributed by atoms with Gasteiger partial charge < -0.3 is 10.2 Å². The van der Waals surface area contributed by atoms with Crippen molar-refractivity contribution >= 4 is 35.0 Å². The Bertz CT molecular complexity index is 914. The molecule has 2 aromatic carbocycles. The zero-order chi connectivity index (χ0) is 22.4. The fourth-order valence-electron chi connectivity index (χ4n) is 4.00. The number of benzene rings is 2. The molecule has 1 fully saturated rings. The molecule has 0 unspecified atom stereocenters. The molecule has 1 N–H and O–H groups in total. The average Bonchev–Trinajstić information content (AvgIpc) is 3.25. The third kappa shape index (κ3) is 6.44. The van der Waals surface area contributed by atoms with Gasteiger partial charge in [-0.25, -0.2) is 4.39 Å². The van der Waals surface area contributed by atoms with E-state index >= 15 is 0 Å². The van der Waals surface area contributed by atoms with Crippen molar-refractivity contribution in [1.82, 2.24) is 10.2 Å². The summed E-state index contributed by atoms with van der Waals surface area (Å²) in [6, 6.07) is 10.6. The Hall–Kier alpha value is -2.11. The number of hydrogen-bond acceptors (Lipinski definition) is 2. The minimum Gasteiger partial charge on any atom is -0.352 e. The molecule has 1 atom stereocenters. The Morgan fingerprint density at radius 2 is 1.71 bits per heavy atom. The molecule has 31 heavy (non-hydrogen) atoms. The predicted molar refractivity (Wildman–Crippen MR) is 122 cm³/mol. The Balaban J connectivity index is 1.83. The monoisotopic (exact) mass is 464 g/mol. The molecule has 0 saturated heterocycles. The van der Waals surface area contributed by atoms with Gasteiger partial charge >= 0.3 is 0 Å². The average molecular weight is 465 g/mol. The molecule has 0 aliphatic heterocycles. The van der Waals surface area contributed by atoms with Crippen LogP contribution in [0.2, 0.25) is 10.0 Å². The first kappa shape index (κ1) is 23.6. The minimum absolute atomic E-state index is 0.0782. The number of hydrogen-bond donors (Lipinski definition) is 1. The van der Waals surface area contributed by atoms with E-state index < -0.39 is 6.04 Å². The molecule has 166 valence electrons. The number of nitrogens with zero attached hydrogens (tertiary/aromatic N) is 1. The van der Waals surface area contributed by atoms with Crippen LogP contribution in [0.25, 0.3) is 0 Å². The topological polar surface area (TPSA) is 49.4 Å². The highest BCUT2D eigenvalue weighted by Gasteiger charge is 2.30. The number of carbonyl (C=O) groups excluding carboxylic acids is 2. The number of nitrogens with one attached hydrogen (secondary N) is 1. The molecule has 2 aromatic rings. The zero-order valence-corrected chi connectivity index (χ0v) is 19.1. The van der Waals surface area contributed by atoms with Crippen molar-refractivity contribution in [2.24, 2.45) is 0 Å².